The standard InChI is InChI=1S/C14H18BrNO3/c1-9-4-5-10(11(15)8-9)12(17)16-7-6-14(2,3)13(18)19/h4-5,8H,6-7H2,1-3H3,(H,16,17)(H,18,19). The van der Waals surface area contributed by atoms with E-state index in [0.29, 0.717) is 18.5 Å². The fourth-order valence-corrected chi connectivity index (χ4v) is 2.17. The van der Waals surface area contributed by atoms with Crippen LogP contribution in [0, 0.1) is 12.3 Å². The maximum Gasteiger partial charge on any atom is 0.309 e. The molecule has 0 saturated carbocycles. The number of carboxylic acid groups (broad SMARTS) is 1. The van der Waals surface area contributed by atoms with Gasteiger partial charge in [0.25, 0.3) is 5.91 Å². The van der Waals surface area contributed by atoms with Crippen LogP contribution in [-0.4, -0.2) is 23.5 Å². The molecule has 1 aromatic carbocycles. The highest BCUT2D eigenvalue weighted by Gasteiger charge is 2.26. The van der Waals surface area contributed by atoms with Gasteiger partial charge in [0.2, 0.25) is 0 Å². The summed E-state index contributed by atoms with van der Waals surface area (Å²) < 4.78 is 0.738. The van der Waals surface area contributed by atoms with Crippen LogP contribution >= 0.6 is 15.9 Å². The van der Waals surface area contributed by atoms with Crippen LogP contribution in [0.25, 0.3) is 0 Å². The van der Waals surface area contributed by atoms with Crippen LogP contribution in [0.5, 0.6) is 0 Å². The molecular weight excluding hydrogens is 310 g/mol. The number of carboxylic acids is 1. The van der Waals surface area contributed by atoms with Gasteiger partial charge in [0.1, 0.15) is 0 Å². The fourth-order valence-electron chi connectivity index (χ4n) is 1.49. The second kappa shape index (κ2) is 6.19. The maximum atomic E-state index is 11.9. The second-order valence-corrected chi connectivity index (χ2v) is 6.03. The minimum absolute atomic E-state index is 0.201. The third-order valence-corrected chi connectivity index (χ3v) is 3.64. The van der Waals surface area contributed by atoms with Gasteiger partial charge >= 0.3 is 5.97 Å². The Morgan fingerprint density at radius 1 is 1.37 bits per heavy atom. The summed E-state index contributed by atoms with van der Waals surface area (Å²) in [7, 11) is 0. The van der Waals surface area contributed by atoms with Crippen molar-refractivity contribution < 1.29 is 14.7 Å². The summed E-state index contributed by atoms with van der Waals surface area (Å²) >= 11 is 3.35. The number of aryl methyl sites for hydroxylation is 1. The number of hydrogen-bond donors (Lipinski definition) is 2. The molecule has 0 fully saturated rings. The lowest BCUT2D eigenvalue weighted by Gasteiger charge is -2.19. The second-order valence-electron chi connectivity index (χ2n) is 5.18. The summed E-state index contributed by atoms with van der Waals surface area (Å²) in [6, 6.07) is 5.48. The Hall–Kier alpha value is -1.36. The molecule has 1 amide bonds. The first-order chi connectivity index (χ1) is 8.74. The van der Waals surface area contributed by atoms with E-state index in [-0.39, 0.29) is 5.91 Å². The largest absolute Gasteiger partial charge is 0.481 e. The zero-order valence-corrected chi connectivity index (χ0v) is 12.9. The number of amides is 1. The zero-order chi connectivity index (χ0) is 14.6. The number of rotatable bonds is 5. The summed E-state index contributed by atoms with van der Waals surface area (Å²) in [5, 5.41) is 11.7. The van der Waals surface area contributed by atoms with Gasteiger partial charge < -0.3 is 10.4 Å². The third kappa shape index (κ3) is 4.35. The number of carbonyl (C=O) groups is 2. The van der Waals surface area contributed by atoms with Gasteiger partial charge in [0.05, 0.1) is 11.0 Å². The molecule has 19 heavy (non-hydrogen) atoms. The number of benzene rings is 1. The quantitative estimate of drug-likeness (QED) is 0.873. The van der Waals surface area contributed by atoms with Gasteiger partial charge in [-0.2, -0.15) is 0 Å². The van der Waals surface area contributed by atoms with E-state index in [9.17, 15) is 9.59 Å². The first-order valence-electron chi connectivity index (χ1n) is 6.02. The number of carbonyl (C=O) groups excluding carboxylic acids is 1. The smallest absolute Gasteiger partial charge is 0.309 e. The molecule has 0 radical (unpaired) electrons. The molecule has 0 atom stereocenters. The summed E-state index contributed by atoms with van der Waals surface area (Å²) in [6.07, 6.45) is 0.386. The molecule has 0 saturated heterocycles. The van der Waals surface area contributed by atoms with Crippen molar-refractivity contribution >= 4 is 27.8 Å². The van der Waals surface area contributed by atoms with Crippen molar-refractivity contribution in [1.82, 2.24) is 5.32 Å². The van der Waals surface area contributed by atoms with Crippen molar-refractivity contribution in [1.29, 1.82) is 0 Å². The molecule has 5 heteroatoms. The highest BCUT2D eigenvalue weighted by atomic mass is 79.9. The minimum atomic E-state index is -0.863. The number of halogens is 1. The van der Waals surface area contributed by atoms with Crippen molar-refractivity contribution in [3.8, 4) is 0 Å². The Balaban J connectivity index is 2.59. The lowest BCUT2D eigenvalue weighted by Crippen LogP contribution is -2.32. The van der Waals surface area contributed by atoms with E-state index in [1.165, 1.54) is 0 Å². The Labute approximate surface area is 121 Å². The summed E-state index contributed by atoms with van der Waals surface area (Å²) in [4.78, 5) is 22.9. The zero-order valence-electron chi connectivity index (χ0n) is 11.3. The molecule has 0 heterocycles. The van der Waals surface area contributed by atoms with Gasteiger partial charge in [-0.15, -0.1) is 0 Å². The lowest BCUT2D eigenvalue weighted by molar-refractivity contribution is -0.147. The van der Waals surface area contributed by atoms with Crippen molar-refractivity contribution in [2.75, 3.05) is 6.54 Å². The average molecular weight is 328 g/mol. The van der Waals surface area contributed by atoms with Gasteiger partial charge in [0.15, 0.2) is 0 Å². The third-order valence-electron chi connectivity index (χ3n) is 2.98. The van der Waals surface area contributed by atoms with Gasteiger partial charge in [-0.05, 0) is 60.8 Å². The van der Waals surface area contributed by atoms with Gasteiger partial charge in [-0.25, -0.2) is 0 Å². The molecule has 0 aromatic heterocycles. The number of aliphatic carboxylic acids is 1. The predicted molar refractivity (Wildman–Crippen MR) is 77.2 cm³/mol. The van der Waals surface area contributed by atoms with E-state index in [1.807, 2.05) is 19.1 Å². The fraction of sp³-hybridized carbons (Fsp3) is 0.429. The van der Waals surface area contributed by atoms with Gasteiger partial charge in [-0.3, -0.25) is 9.59 Å². The van der Waals surface area contributed by atoms with E-state index in [2.05, 4.69) is 21.2 Å². The van der Waals surface area contributed by atoms with Crippen molar-refractivity contribution in [2.24, 2.45) is 5.41 Å². The molecule has 2 N–H and O–H groups in total. The molecule has 1 rings (SSSR count). The number of nitrogens with one attached hydrogen (secondary N) is 1. The van der Waals surface area contributed by atoms with Crippen LogP contribution in [0.4, 0.5) is 0 Å². The highest BCUT2D eigenvalue weighted by molar-refractivity contribution is 9.10. The molecule has 104 valence electrons. The van der Waals surface area contributed by atoms with Crippen molar-refractivity contribution in [3.05, 3.63) is 33.8 Å². The molecular formula is C14H18BrNO3. The van der Waals surface area contributed by atoms with Crippen molar-refractivity contribution in [3.63, 3.8) is 0 Å². The normalized spacial score (nSPS) is 11.2. The first-order valence-corrected chi connectivity index (χ1v) is 6.81. The molecule has 0 unspecified atom stereocenters. The monoisotopic (exact) mass is 327 g/mol. The Kier molecular flexibility index (Phi) is 5.11. The van der Waals surface area contributed by atoms with Crippen LogP contribution in [0.2, 0.25) is 0 Å². The average Bonchev–Trinajstić information content (AvgIpc) is 2.28. The summed E-state index contributed by atoms with van der Waals surface area (Å²) in [6.45, 7) is 5.56. The van der Waals surface area contributed by atoms with E-state index < -0.39 is 11.4 Å². The summed E-state index contributed by atoms with van der Waals surface area (Å²) in [5.74, 6) is -1.06. The van der Waals surface area contributed by atoms with E-state index in [1.54, 1.807) is 19.9 Å². The molecule has 4 nitrogen and oxygen atoms in total. The van der Waals surface area contributed by atoms with Gasteiger partial charge in [-0.1, -0.05) is 6.07 Å². The first kappa shape index (κ1) is 15.7. The van der Waals surface area contributed by atoms with E-state index >= 15 is 0 Å². The molecule has 0 aliphatic rings. The van der Waals surface area contributed by atoms with Crippen LogP contribution in [0.15, 0.2) is 22.7 Å². The summed E-state index contributed by atoms with van der Waals surface area (Å²) in [5.41, 5.74) is 0.784. The van der Waals surface area contributed by atoms with Crippen LogP contribution in [-0.2, 0) is 4.79 Å². The maximum absolute atomic E-state index is 11.9. The SMILES string of the molecule is Cc1ccc(C(=O)NCCC(C)(C)C(=O)O)c(Br)c1. The topological polar surface area (TPSA) is 66.4 Å². The van der Waals surface area contributed by atoms with E-state index in [0.717, 1.165) is 10.0 Å². The minimum Gasteiger partial charge on any atom is -0.481 e. The number of hydrogen-bond acceptors (Lipinski definition) is 2. The van der Waals surface area contributed by atoms with Crippen LogP contribution < -0.4 is 5.32 Å². The van der Waals surface area contributed by atoms with Crippen LogP contribution in [0.1, 0.15) is 36.2 Å². The van der Waals surface area contributed by atoms with Crippen LogP contribution in [0.3, 0.4) is 0 Å². The predicted octanol–water partition coefficient (Wildman–Crippen LogP) is 2.99. The Morgan fingerprint density at radius 3 is 2.53 bits per heavy atom. The molecule has 0 bridgehead atoms. The molecule has 0 spiro atoms. The van der Waals surface area contributed by atoms with E-state index in [4.69, 9.17) is 5.11 Å². The molecule has 0 aliphatic carbocycles. The lowest BCUT2D eigenvalue weighted by atomic mass is 9.90. The van der Waals surface area contributed by atoms with Crippen molar-refractivity contribution in [2.45, 2.75) is 27.2 Å². The Bertz CT molecular complexity index is 497. The highest BCUT2D eigenvalue weighted by Crippen LogP contribution is 2.20. The Morgan fingerprint density at radius 2 is 2.00 bits per heavy atom. The molecule has 0 aliphatic heterocycles. The van der Waals surface area contributed by atoms with Gasteiger partial charge in [0, 0.05) is 11.0 Å². The molecule has 1 aromatic rings.